The minimum atomic E-state index is -3.66. The Morgan fingerprint density at radius 1 is 1.16 bits per heavy atom. The number of ketones is 1. The van der Waals surface area contributed by atoms with Crippen LogP contribution in [0.4, 0.5) is 0 Å². The Kier molecular flexibility index (Phi) is 5.15. The van der Waals surface area contributed by atoms with E-state index in [1.807, 2.05) is 12.1 Å². The van der Waals surface area contributed by atoms with E-state index >= 15 is 0 Å². The van der Waals surface area contributed by atoms with Crippen LogP contribution in [0.15, 0.2) is 52.0 Å². The summed E-state index contributed by atoms with van der Waals surface area (Å²) in [6.45, 7) is 0.683. The smallest absolute Gasteiger partial charge is 0.238 e. The van der Waals surface area contributed by atoms with Crippen molar-refractivity contribution < 1.29 is 22.6 Å². The van der Waals surface area contributed by atoms with E-state index < -0.39 is 10.0 Å². The van der Waals surface area contributed by atoms with Crippen LogP contribution in [0.25, 0.3) is 0 Å². The fourth-order valence-electron chi connectivity index (χ4n) is 3.12. The lowest BCUT2D eigenvalue weighted by molar-refractivity contribution is -0.459. The Balaban J connectivity index is 1.60. The Bertz CT molecular complexity index is 868. The number of carbonyl (C=O) groups excluding carboxylic acids is 1. The first kappa shape index (κ1) is 17.6. The number of sulfonamides is 1. The fourth-order valence-corrected chi connectivity index (χ4v) is 3.63. The van der Waals surface area contributed by atoms with Gasteiger partial charge in [0, 0.05) is 25.2 Å². The third kappa shape index (κ3) is 4.64. The predicted octanol–water partition coefficient (Wildman–Crippen LogP) is 0.528. The van der Waals surface area contributed by atoms with Crippen molar-refractivity contribution in [3.8, 4) is 0 Å². The van der Waals surface area contributed by atoms with Gasteiger partial charge in [-0.3, -0.25) is 4.79 Å². The molecule has 25 heavy (non-hydrogen) atoms. The number of nitrogens with one attached hydrogen (secondary N) is 1. The molecule has 0 bridgehead atoms. The number of rotatable bonds is 5. The molecule has 1 aliphatic carbocycles. The monoisotopic (exact) mass is 361 g/mol. The first-order valence-electron chi connectivity index (χ1n) is 8.17. The highest BCUT2D eigenvalue weighted by atomic mass is 32.2. The zero-order chi connectivity index (χ0) is 17.9. The second-order valence-electron chi connectivity index (χ2n) is 6.31. The molecule has 7 heteroatoms. The van der Waals surface area contributed by atoms with E-state index in [1.165, 1.54) is 12.1 Å². The minimum absolute atomic E-state index is 0.104. The largest absolute Gasteiger partial charge is 0.469 e. The number of hydrogen-bond acceptors (Lipinski definition) is 4. The summed E-state index contributed by atoms with van der Waals surface area (Å²) >= 11 is 0. The van der Waals surface area contributed by atoms with Gasteiger partial charge < -0.3 is 4.42 Å². The third-order valence-corrected chi connectivity index (χ3v) is 5.29. The van der Waals surface area contributed by atoms with Gasteiger partial charge in [-0.2, -0.15) is 0 Å². The minimum Gasteiger partial charge on any atom is -0.469 e. The Morgan fingerprint density at radius 2 is 1.92 bits per heavy atom. The van der Waals surface area contributed by atoms with Crippen molar-refractivity contribution in [1.82, 2.24) is 0 Å². The summed E-state index contributed by atoms with van der Waals surface area (Å²) in [7, 11) is -3.66. The molecule has 1 atom stereocenters. The normalized spacial score (nSPS) is 20.1. The summed E-state index contributed by atoms with van der Waals surface area (Å²) in [6, 6.07) is 10.3. The maximum absolute atomic E-state index is 12.0. The average molecular weight is 361 g/mol. The lowest BCUT2D eigenvalue weighted by atomic mass is 9.85. The molecule has 0 spiro atoms. The van der Waals surface area contributed by atoms with Crippen molar-refractivity contribution >= 4 is 21.5 Å². The molecular formula is C18H21N2O4S+. The van der Waals surface area contributed by atoms with Crippen LogP contribution in [0, 0.1) is 0 Å². The van der Waals surface area contributed by atoms with Gasteiger partial charge in [-0.1, -0.05) is 12.1 Å². The summed E-state index contributed by atoms with van der Waals surface area (Å²) < 4.78 is 27.9. The number of Topliss-reactive ketones (excluding diaryl/α,β-unsaturated/α-hetero) is 1. The van der Waals surface area contributed by atoms with Gasteiger partial charge >= 0.3 is 0 Å². The molecule has 1 saturated carbocycles. The van der Waals surface area contributed by atoms with Gasteiger partial charge in [-0.15, -0.1) is 0 Å². The van der Waals surface area contributed by atoms with Crippen molar-refractivity contribution in [3.63, 3.8) is 0 Å². The highest BCUT2D eigenvalue weighted by molar-refractivity contribution is 7.89. The van der Waals surface area contributed by atoms with Gasteiger partial charge in [0.05, 0.1) is 17.6 Å². The van der Waals surface area contributed by atoms with E-state index in [9.17, 15) is 13.2 Å². The SMILES string of the molecule is NS(=O)(=O)c1ccc(CC[NH+]=C2CC(=O)CC(c3ccco3)C2)cc1. The summed E-state index contributed by atoms with van der Waals surface area (Å²) in [4.78, 5) is 15.4. The maximum atomic E-state index is 12.0. The molecule has 1 heterocycles. The van der Waals surface area contributed by atoms with Crippen LogP contribution < -0.4 is 10.1 Å². The number of benzene rings is 1. The quantitative estimate of drug-likeness (QED) is 0.810. The molecule has 1 unspecified atom stereocenters. The summed E-state index contributed by atoms with van der Waals surface area (Å²) in [5.74, 6) is 1.17. The first-order chi connectivity index (χ1) is 11.9. The highest BCUT2D eigenvalue weighted by Gasteiger charge is 2.29. The molecule has 1 aromatic carbocycles. The Hall–Kier alpha value is -2.25. The fraction of sp³-hybridized carbons (Fsp3) is 0.333. The van der Waals surface area contributed by atoms with Crippen LogP contribution in [0.3, 0.4) is 0 Å². The van der Waals surface area contributed by atoms with Gasteiger partial charge in [-0.25, -0.2) is 18.5 Å². The molecule has 0 amide bonds. The molecule has 0 saturated heterocycles. The number of nitrogens with two attached hydrogens (primary N) is 1. The number of carbonyl (C=O) groups is 1. The average Bonchev–Trinajstić information content (AvgIpc) is 3.08. The molecule has 132 valence electrons. The molecule has 0 aliphatic heterocycles. The van der Waals surface area contributed by atoms with Gasteiger partial charge in [0.25, 0.3) is 0 Å². The van der Waals surface area contributed by atoms with Crippen LogP contribution in [0.1, 0.15) is 36.5 Å². The Labute approximate surface area is 146 Å². The third-order valence-electron chi connectivity index (χ3n) is 4.36. The van der Waals surface area contributed by atoms with Gasteiger partial charge in [0.1, 0.15) is 18.1 Å². The molecule has 1 aromatic heterocycles. The lowest BCUT2D eigenvalue weighted by Gasteiger charge is -2.17. The summed E-state index contributed by atoms with van der Waals surface area (Å²) in [5.41, 5.74) is 2.03. The molecule has 1 fully saturated rings. The number of hydrogen-bond donors (Lipinski definition) is 2. The van der Waals surface area contributed by atoms with Crippen molar-refractivity contribution in [3.05, 3.63) is 54.0 Å². The van der Waals surface area contributed by atoms with Crippen molar-refractivity contribution in [2.75, 3.05) is 6.54 Å². The van der Waals surface area contributed by atoms with E-state index in [1.54, 1.807) is 18.4 Å². The molecule has 6 nitrogen and oxygen atoms in total. The van der Waals surface area contributed by atoms with E-state index in [-0.39, 0.29) is 16.6 Å². The summed E-state index contributed by atoms with van der Waals surface area (Å²) in [5, 5.41) is 5.09. The molecule has 1 aliphatic rings. The van der Waals surface area contributed by atoms with Crippen LogP contribution >= 0.6 is 0 Å². The highest BCUT2D eigenvalue weighted by Crippen LogP contribution is 2.28. The summed E-state index contributed by atoms with van der Waals surface area (Å²) in [6.07, 6.45) is 4.14. The molecule has 2 aromatic rings. The maximum Gasteiger partial charge on any atom is 0.238 e. The number of furan rings is 1. The lowest BCUT2D eigenvalue weighted by Crippen LogP contribution is -2.74. The molecule has 0 radical (unpaired) electrons. The first-order valence-corrected chi connectivity index (χ1v) is 9.72. The zero-order valence-corrected chi connectivity index (χ0v) is 14.6. The Morgan fingerprint density at radius 3 is 2.56 bits per heavy atom. The van der Waals surface area contributed by atoms with Crippen molar-refractivity contribution in [2.24, 2.45) is 5.14 Å². The van der Waals surface area contributed by atoms with E-state index in [2.05, 4.69) is 4.99 Å². The van der Waals surface area contributed by atoms with Crippen LogP contribution in [-0.4, -0.2) is 26.5 Å². The second kappa shape index (κ2) is 7.33. The molecule has 3 N–H and O–H groups in total. The van der Waals surface area contributed by atoms with Gasteiger partial charge in [-0.05, 0) is 29.8 Å². The zero-order valence-electron chi connectivity index (χ0n) is 13.8. The van der Waals surface area contributed by atoms with E-state index in [4.69, 9.17) is 9.56 Å². The molecule has 3 rings (SSSR count). The van der Waals surface area contributed by atoms with Crippen LogP contribution in [-0.2, 0) is 21.2 Å². The van der Waals surface area contributed by atoms with Gasteiger partial charge in [0.15, 0.2) is 5.71 Å². The van der Waals surface area contributed by atoms with Crippen LogP contribution in [0.2, 0.25) is 0 Å². The topological polar surface area (TPSA) is 104 Å². The predicted molar refractivity (Wildman–Crippen MR) is 92.7 cm³/mol. The van der Waals surface area contributed by atoms with E-state index in [0.29, 0.717) is 19.4 Å². The van der Waals surface area contributed by atoms with Gasteiger partial charge in [0.2, 0.25) is 10.0 Å². The molecular weight excluding hydrogens is 340 g/mol. The second-order valence-corrected chi connectivity index (χ2v) is 7.87. The number of primary sulfonamides is 1. The van der Waals surface area contributed by atoms with Crippen molar-refractivity contribution in [1.29, 1.82) is 0 Å². The van der Waals surface area contributed by atoms with E-state index in [0.717, 1.165) is 29.9 Å². The standard InChI is InChI=1S/C18H20N2O4S/c19-25(22,23)17-5-3-13(4-6-17)7-8-20-15-10-14(11-16(21)12-15)18-2-1-9-24-18/h1-6,9,14H,7-8,10-12H2,(H2,19,22,23)/p+1. The van der Waals surface area contributed by atoms with Crippen LogP contribution in [0.5, 0.6) is 0 Å². The van der Waals surface area contributed by atoms with Crippen molar-refractivity contribution in [2.45, 2.75) is 36.5 Å².